The van der Waals surface area contributed by atoms with Crippen LogP contribution in [0.1, 0.15) is 11.1 Å². The minimum absolute atomic E-state index is 0.0282. The molecular weight excluding hydrogens is 278 g/mol. The highest BCUT2D eigenvalue weighted by molar-refractivity contribution is 9.10. The SMILES string of the molecule is COC(=O)Cc1ccc([N+](=O)[O-])c(C)c1Br. The number of nitro groups is 1. The van der Waals surface area contributed by atoms with Gasteiger partial charge in [-0.2, -0.15) is 0 Å². The third kappa shape index (κ3) is 2.57. The van der Waals surface area contributed by atoms with Crippen LogP contribution in [0.15, 0.2) is 16.6 Å². The Hall–Kier alpha value is -1.43. The fraction of sp³-hybridized carbons (Fsp3) is 0.300. The highest BCUT2D eigenvalue weighted by atomic mass is 79.9. The van der Waals surface area contributed by atoms with Gasteiger partial charge in [0, 0.05) is 16.1 Å². The van der Waals surface area contributed by atoms with Crippen molar-refractivity contribution in [3.05, 3.63) is 37.8 Å². The van der Waals surface area contributed by atoms with Crippen molar-refractivity contribution in [3.63, 3.8) is 0 Å². The van der Waals surface area contributed by atoms with Gasteiger partial charge in [-0.3, -0.25) is 14.9 Å². The molecule has 0 spiro atoms. The molecule has 0 heterocycles. The Bertz CT molecular complexity index is 445. The van der Waals surface area contributed by atoms with Crippen molar-refractivity contribution in [1.82, 2.24) is 0 Å². The number of carbonyl (C=O) groups excluding carboxylic acids is 1. The number of hydrogen-bond acceptors (Lipinski definition) is 4. The van der Waals surface area contributed by atoms with E-state index in [1.165, 1.54) is 13.2 Å². The molecule has 1 aromatic carbocycles. The number of benzene rings is 1. The van der Waals surface area contributed by atoms with Crippen LogP contribution in [0.3, 0.4) is 0 Å². The number of methoxy groups -OCH3 is 1. The highest BCUT2D eigenvalue weighted by Gasteiger charge is 2.17. The molecule has 0 unspecified atom stereocenters. The molecule has 0 fully saturated rings. The van der Waals surface area contributed by atoms with Crippen LogP contribution in [-0.4, -0.2) is 18.0 Å². The van der Waals surface area contributed by atoms with E-state index in [2.05, 4.69) is 20.7 Å². The molecule has 0 amide bonds. The second-order valence-corrected chi connectivity index (χ2v) is 3.99. The summed E-state index contributed by atoms with van der Waals surface area (Å²) in [4.78, 5) is 21.3. The second kappa shape index (κ2) is 5.07. The van der Waals surface area contributed by atoms with Gasteiger partial charge >= 0.3 is 5.97 Å². The fourth-order valence-corrected chi connectivity index (χ4v) is 1.77. The van der Waals surface area contributed by atoms with Crippen LogP contribution in [0.25, 0.3) is 0 Å². The lowest BCUT2D eigenvalue weighted by atomic mass is 10.1. The van der Waals surface area contributed by atoms with E-state index in [-0.39, 0.29) is 18.1 Å². The number of rotatable bonds is 3. The third-order valence-corrected chi connectivity index (χ3v) is 3.30. The first-order valence-corrected chi connectivity index (χ1v) is 5.26. The predicted octanol–water partition coefficient (Wildman–Crippen LogP) is 2.38. The zero-order chi connectivity index (χ0) is 12.3. The van der Waals surface area contributed by atoms with Crippen LogP contribution < -0.4 is 0 Å². The fourth-order valence-electron chi connectivity index (χ4n) is 1.29. The maximum absolute atomic E-state index is 11.1. The van der Waals surface area contributed by atoms with Gasteiger partial charge in [0.2, 0.25) is 0 Å². The molecular formula is C10H10BrNO4. The zero-order valence-electron chi connectivity index (χ0n) is 8.82. The Balaban J connectivity index is 3.12. The van der Waals surface area contributed by atoms with Crippen LogP contribution in [0, 0.1) is 17.0 Å². The van der Waals surface area contributed by atoms with E-state index in [1.807, 2.05) is 0 Å². The normalized spacial score (nSPS) is 9.94. The number of esters is 1. The first-order chi connectivity index (χ1) is 7.47. The Morgan fingerprint density at radius 1 is 1.56 bits per heavy atom. The molecule has 86 valence electrons. The summed E-state index contributed by atoms with van der Waals surface area (Å²) in [5.74, 6) is -0.381. The average molecular weight is 288 g/mol. The van der Waals surface area contributed by atoms with Gasteiger partial charge in [-0.25, -0.2) is 0 Å². The average Bonchev–Trinajstić information content (AvgIpc) is 2.24. The molecule has 0 N–H and O–H groups in total. The molecule has 6 heteroatoms. The van der Waals surface area contributed by atoms with E-state index < -0.39 is 4.92 Å². The number of nitro benzene ring substituents is 1. The Morgan fingerprint density at radius 3 is 2.69 bits per heavy atom. The Morgan fingerprint density at radius 2 is 2.19 bits per heavy atom. The lowest BCUT2D eigenvalue weighted by Gasteiger charge is -2.06. The van der Waals surface area contributed by atoms with Crippen molar-refractivity contribution >= 4 is 27.6 Å². The first kappa shape index (κ1) is 12.6. The molecule has 0 atom stereocenters. The summed E-state index contributed by atoms with van der Waals surface area (Å²) in [6.45, 7) is 1.63. The van der Waals surface area contributed by atoms with Gasteiger partial charge in [0.1, 0.15) is 0 Å². The van der Waals surface area contributed by atoms with Crippen LogP contribution in [0.2, 0.25) is 0 Å². The Kier molecular flexibility index (Phi) is 4.00. The molecule has 16 heavy (non-hydrogen) atoms. The number of hydrogen-bond donors (Lipinski definition) is 0. The van der Waals surface area contributed by atoms with Crippen LogP contribution in [0.4, 0.5) is 5.69 Å². The number of nitrogens with zero attached hydrogens (tertiary/aromatic N) is 1. The van der Waals surface area contributed by atoms with Crippen molar-refractivity contribution in [1.29, 1.82) is 0 Å². The lowest BCUT2D eigenvalue weighted by molar-refractivity contribution is -0.385. The standard InChI is InChI=1S/C10H10BrNO4/c1-6-8(12(14)15)4-3-7(10(6)11)5-9(13)16-2/h3-4H,5H2,1-2H3. The van der Waals surface area contributed by atoms with Crippen molar-refractivity contribution in [2.45, 2.75) is 13.3 Å². The molecule has 5 nitrogen and oxygen atoms in total. The van der Waals surface area contributed by atoms with E-state index in [0.29, 0.717) is 15.6 Å². The van der Waals surface area contributed by atoms with Gasteiger partial charge in [-0.15, -0.1) is 0 Å². The van der Waals surface area contributed by atoms with Gasteiger partial charge in [0.25, 0.3) is 5.69 Å². The summed E-state index contributed by atoms with van der Waals surface area (Å²) in [7, 11) is 1.30. The molecule has 0 saturated carbocycles. The van der Waals surface area contributed by atoms with Gasteiger partial charge < -0.3 is 4.74 Å². The summed E-state index contributed by atoms with van der Waals surface area (Å²) in [5, 5.41) is 10.7. The quantitative estimate of drug-likeness (QED) is 0.486. The molecule has 0 saturated heterocycles. The van der Waals surface area contributed by atoms with Crippen molar-refractivity contribution in [2.24, 2.45) is 0 Å². The van der Waals surface area contributed by atoms with E-state index in [0.717, 1.165) is 0 Å². The smallest absolute Gasteiger partial charge is 0.310 e. The van der Waals surface area contributed by atoms with Crippen molar-refractivity contribution in [3.8, 4) is 0 Å². The summed E-state index contributed by atoms with van der Waals surface area (Å²) in [6, 6.07) is 2.94. The van der Waals surface area contributed by atoms with Crippen LogP contribution >= 0.6 is 15.9 Å². The number of carbonyl (C=O) groups is 1. The molecule has 0 aromatic heterocycles. The number of halogens is 1. The molecule has 0 aliphatic carbocycles. The molecule has 0 bridgehead atoms. The highest BCUT2D eigenvalue weighted by Crippen LogP contribution is 2.29. The van der Waals surface area contributed by atoms with E-state index in [1.54, 1.807) is 13.0 Å². The summed E-state index contributed by atoms with van der Waals surface area (Å²) >= 11 is 3.24. The van der Waals surface area contributed by atoms with E-state index in [9.17, 15) is 14.9 Å². The molecule has 0 radical (unpaired) electrons. The lowest BCUT2D eigenvalue weighted by Crippen LogP contribution is -2.06. The summed E-state index contributed by atoms with van der Waals surface area (Å²) < 4.78 is 5.11. The molecule has 1 rings (SSSR count). The minimum Gasteiger partial charge on any atom is -0.469 e. The monoisotopic (exact) mass is 287 g/mol. The topological polar surface area (TPSA) is 69.4 Å². The van der Waals surface area contributed by atoms with Crippen LogP contribution in [-0.2, 0) is 16.0 Å². The largest absolute Gasteiger partial charge is 0.469 e. The minimum atomic E-state index is -0.456. The van der Waals surface area contributed by atoms with E-state index in [4.69, 9.17) is 0 Å². The molecule has 1 aromatic rings. The van der Waals surface area contributed by atoms with Crippen LogP contribution in [0.5, 0.6) is 0 Å². The summed E-state index contributed by atoms with van der Waals surface area (Å²) in [6.07, 6.45) is 0.0932. The predicted molar refractivity (Wildman–Crippen MR) is 61.3 cm³/mol. The number of ether oxygens (including phenoxy) is 1. The molecule has 0 aliphatic heterocycles. The maximum Gasteiger partial charge on any atom is 0.310 e. The van der Waals surface area contributed by atoms with Crippen molar-refractivity contribution < 1.29 is 14.5 Å². The van der Waals surface area contributed by atoms with E-state index >= 15 is 0 Å². The third-order valence-electron chi connectivity index (χ3n) is 2.20. The van der Waals surface area contributed by atoms with Gasteiger partial charge in [0.15, 0.2) is 0 Å². The molecule has 0 aliphatic rings. The zero-order valence-corrected chi connectivity index (χ0v) is 10.4. The second-order valence-electron chi connectivity index (χ2n) is 3.19. The van der Waals surface area contributed by atoms with Gasteiger partial charge in [-0.1, -0.05) is 6.07 Å². The van der Waals surface area contributed by atoms with Gasteiger partial charge in [-0.05, 0) is 28.4 Å². The maximum atomic E-state index is 11.1. The van der Waals surface area contributed by atoms with Crippen molar-refractivity contribution in [2.75, 3.05) is 7.11 Å². The Labute approximate surface area is 101 Å². The first-order valence-electron chi connectivity index (χ1n) is 4.46. The van der Waals surface area contributed by atoms with Gasteiger partial charge in [0.05, 0.1) is 18.5 Å². The summed E-state index contributed by atoms with van der Waals surface area (Å²) in [5.41, 5.74) is 1.21.